The first kappa shape index (κ1) is 72.8. The summed E-state index contributed by atoms with van der Waals surface area (Å²) in [5.41, 5.74) is 0. The number of ketones is 1. The Morgan fingerprint density at radius 2 is 0.514 bits per heavy atom. The molecule has 2 N–H and O–H groups in total. The summed E-state index contributed by atoms with van der Waals surface area (Å²) in [5.74, 6) is 0.638. The first-order valence-electron chi connectivity index (χ1n) is 34.7. The van der Waals surface area contributed by atoms with Gasteiger partial charge in [-0.1, -0.05) is 353 Å². The van der Waals surface area contributed by atoms with Gasteiger partial charge >= 0.3 is 0 Å². The molecule has 0 radical (unpaired) electrons. The first-order valence-corrected chi connectivity index (χ1v) is 34.7. The summed E-state index contributed by atoms with van der Waals surface area (Å²) in [6.45, 7) is 5.00. The minimum absolute atomic E-state index is 0.117. The second kappa shape index (κ2) is 66.1. The van der Waals surface area contributed by atoms with E-state index in [4.69, 9.17) is 0 Å². The molecule has 0 aliphatic carbocycles. The number of amides is 1. The van der Waals surface area contributed by atoms with Crippen molar-refractivity contribution < 1.29 is 14.7 Å². The van der Waals surface area contributed by atoms with Gasteiger partial charge in [0.15, 0.2) is 0 Å². The molecule has 0 aromatic rings. The maximum absolute atomic E-state index is 12.3. The van der Waals surface area contributed by atoms with E-state index in [1.165, 1.54) is 340 Å². The van der Waals surface area contributed by atoms with E-state index in [1.54, 1.807) is 0 Å². The maximum Gasteiger partial charge on any atom is 0.220 e. The van der Waals surface area contributed by atoms with Gasteiger partial charge in [0, 0.05) is 25.8 Å². The molecule has 0 fully saturated rings. The topological polar surface area (TPSA) is 66.4 Å². The van der Waals surface area contributed by atoms with Crippen LogP contribution in [0.15, 0.2) is 12.2 Å². The van der Waals surface area contributed by atoms with Gasteiger partial charge in [-0.15, -0.1) is 0 Å². The van der Waals surface area contributed by atoms with Crippen molar-refractivity contribution >= 4 is 11.7 Å². The van der Waals surface area contributed by atoms with Gasteiger partial charge in [-0.05, 0) is 51.4 Å². The number of aliphatic hydroxyl groups is 1. The molecule has 0 heterocycles. The molecule has 4 heteroatoms. The van der Waals surface area contributed by atoms with Crippen molar-refractivity contribution in [3.63, 3.8) is 0 Å². The lowest BCUT2D eigenvalue weighted by Gasteiger charge is -2.12. The average molecular weight is 1040 g/mol. The van der Waals surface area contributed by atoms with Crippen molar-refractivity contribution in [2.45, 2.75) is 418 Å². The Kier molecular flexibility index (Phi) is 65.1. The fourth-order valence-electron chi connectivity index (χ4n) is 11.2. The van der Waals surface area contributed by atoms with Crippen LogP contribution in [0.3, 0.4) is 0 Å². The van der Waals surface area contributed by atoms with Gasteiger partial charge in [0.05, 0.1) is 6.10 Å². The van der Waals surface area contributed by atoms with Crippen molar-refractivity contribution in [2.24, 2.45) is 0 Å². The predicted octanol–water partition coefficient (Wildman–Crippen LogP) is 23.8. The van der Waals surface area contributed by atoms with E-state index in [9.17, 15) is 14.7 Å². The molecule has 0 aromatic carbocycles. The molecule has 0 aliphatic heterocycles. The minimum atomic E-state index is -0.391. The zero-order valence-electron chi connectivity index (χ0n) is 51.0. The number of allylic oxidation sites excluding steroid dienone is 2. The van der Waals surface area contributed by atoms with Gasteiger partial charge in [0.25, 0.3) is 0 Å². The van der Waals surface area contributed by atoms with Crippen LogP contribution in [0.1, 0.15) is 412 Å². The number of carbonyl (C=O) groups excluding carboxylic acids is 2. The molecule has 0 rings (SSSR count). The lowest BCUT2D eigenvalue weighted by Crippen LogP contribution is -2.31. The summed E-state index contributed by atoms with van der Waals surface area (Å²) in [5, 5.41) is 13.3. The highest BCUT2D eigenvalue weighted by molar-refractivity contribution is 5.78. The van der Waals surface area contributed by atoms with E-state index >= 15 is 0 Å². The average Bonchev–Trinajstić information content (AvgIpc) is 3.40. The van der Waals surface area contributed by atoms with Gasteiger partial charge in [0.2, 0.25) is 5.91 Å². The zero-order valence-corrected chi connectivity index (χ0v) is 51.0. The standard InChI is InChI=1S/C70H137NO3/c1-3-5-7-9-11-13-15-17-19-20-30-33-36-40-43-47-51-55-59-63-68(72)64-60-56-52-48-44-41-37-34-31-28-26-24-22-21-23-25-27-29-32-35-38-42-46-50-54-58-62-66-70(74)71-67-69(73)65-61-57-53-49-45-39-18-16-14-12-10-8-6-4-2/h17,19,69,73H,3-16,18,20-67H2,1-2H3,(H,71,74). The first-order chi connectivity index (χ1) is 36.6. The number of rotatable bonds is 66. The van der Waals surface area contributed by atoms with Crippen LogP contribution in [0.4, 0.5) is 0 Å². The fourth-order valence-corrected chi connectivity index (χ4v) is 11.2. The third-order valence-electron chi connectivity index (χ3n) is 16.5. The Hall–Kier alpha value is -1.16. The lowest BCUT2D eigenvalue weighted by molar-refractivity contribution is -0.121. The van der Waals surface area contributed by atoms with Crippen molar-refractivity contribution in [3.05, 3.63) is 12.2 Å². The smallest absolute Gasteiger partial charge is 0.220 e. The number of hydrogen-bond donors (Lipinski definition) is 2. The van der Waals surface area contributed by atoms with Gasteiger partial charge in [-0.2, -0.15) is 0 Å². The highest BCUT2D eigenvalue weighted by Gasteiger charge is 2.08. The molecule has 0 bridgehead atoms. The van der Waals surface area contributed by atoms with Crippen molar-refractivity contribution in [1.29, 1.82) is 0 Å². The Balaban J connectivity index is 3.23. The molecular formula is C70H137NO3. The van der Waals surface area contributed by atoms with Gasteiger partial charge in [-0.3, -0.25) is 9.59 Å². The van der Waals surface area contributed by atoms with Crippen LogP contribution in [0.25, 0.3) is 0 Å². The molecule has 440 valence electrons. The van der Waals surface area contributed by atoms with E-state index < -0.39 is 6.10 Å². The largest absolute Gasteiger partial charge is 0.391 e. The Bertz CT molecular complexity index is 1090. The molecule has 1 unspecified atom stereocenters. The van der Waals surface area contributed by atoms with Crippen LogP contribution in [-0.4, -0.2) is 29.4 Å². The van der Waals surface area contributed by atoms with Gasteiger partial charge in [-0.25, -0.2) is 0 Å². The Morgan fingerprint density at radius 3 is 0.784 bits per heavy atom. The highest BCUT2D eigenvalue weighted by Crippen LogP contribution is 2.19. The molecule has 74 heavy (non-hydrogen) atoms. The second-order valence-corrected chi connectivity index (χ2v) is 24.2. The summed E-state index contributed by atoms with van der Waals surface area (Å²) >= 11 is 0. The minimum Gasteiger partial charge on any atom is -0.391 e. The predicted molar refractivity (Wildman–Crippen MR) is 331 cm³/mol. The van der Waals surface area contributed by atoms with Crippen LogP contribution in [0.5, 0.6) is 0 Å². The molecule has 1 atom stereocenters. The normalized spacial score (nSPS) is 12.1. The van der Waals surface area contributed by atoms with E-state index in [-0.39, 0.29) is 5.91 Å². The molecule has 4 nitrogen and oxygen atoms in total. The molecule has 0 saturated heterocycles. The van der Waals surface area contributed by atoms with Crippen LogP contribution in [-0.2, 0) is 9.59 Å². The number of unbranched alkanes of at least 4 members (excludes halogenated alkanes) is 54. The molecular weight excluding hydrogens is 903 g/mol. The maximum atomic E-state index is 12.3. The van der Waals surface area contributed by atoms with Crippen molar-refractivity contribution in [1.82, 2.24) is 5.32 Å². The van der Waals surface area contributed by atoms with E-state index in [2.05, 4.69) is 31.3 Å². The molecule has 0 spiro atoms. The number of hydrogen-bond acceptors (Lipinski definition) is 3. The number of carbonyl (C=O) groups is 2. The SMILES string of the molecule is CCCCCCCCC=CCCCCCCCCCCCC(=O)CCCCCCCCCCCCCCCCCCCCCCCCCCCCCC(=O)NCC(O)CCCCCCCCCCCCCCCC. The van der Waals surface area contributed by atoms with E-state index in [0.717, 1.165) is 51.4 Å². The molecule has 1 amide bonds. The number of aliphatic hydroxyl groups excluding tert-OH is 1. The van der Waals surface area contributed by atoms with Gasteiger partial charge < -0.3 is 10.4 Å². The summed E-state index contributed by atoms with van der Waals surface area (Å²) in [6, 6.07) is 0. The summed E-state index contributed by atoms with van der Waals surface area (Å²) in [7, 11) is 0. The van der Waals surface area contributed by atoms with Crippen LogP contribution >= 0.6 is 0 Å². The summed E-state index contributed by atoms with van der Waals surface area (Å²) in [6.07, 6.45) is 86.2. The van der Waals surface area contributed by atoms with Crippen LogP contribution < -0.4 is 5.32 Å². The van der Waals surface area contributed by atoms with E-state index in [0.29, 0.717) is 18.7 Å². The van der Waals surface area contributed by atoms with Crippen LogP contribution in [0, 0.1) is 0 Å². The highest BCUT2D eigenvalue weighted by atomic mass is 16.3. The zero-order chi connectivity index (χ0) is 53.4. The molecule has 0 aromatic heterocycles. The Labute approximate surface area is 466 Å². The number of nitrogens with one attached hydrogen (secondary N) is 1. The third kappa shape index (κ3) is 65.1. The quantitative estimate of drug-likeness (QED) is 0.0471. The monoisotopic (exact) mass is 1040 g/mol. The second-order valence-electron chi connectivity index (χ2n) is 24.2. The summed E-state index contributed by atoms with van der Waals surface area (Å²) in [4.78, 5) is 24.6. The van der Waals surface area contributed by atoms with Crippen molar-refractivity contribution in [2.75, 3.05) is 6.54 Å². The fraction of sp³-hybridized carbons (Fsp3) is 0.943. The third-order valence-corrected chi connectivity index (χ3v) is 16.5. The molecule has 0 aliphatic rings. The van der Waals surface area contributed by atoms with Gasteiger partial charge in [0.1, 0.15) is 5.78 Å². The van der Waals surface area contributed by atoms with Crippen molar-refractivity contribution in [3.8, 4) is 0 Å². The summed E-state index contributed by atoms with van der Waals surface area (Å²) < 4.78 is 0. The lowest BCUT2D eigenvalue weighted by atomic mass is 10.0. The number of Topliss-reactive ketones (excluding diaryl/α,β-unsaturated/α-hetero) is 1. The molecule has 0 saturated carbocycles. The van der Waals surface area contributed by atoms with E-state index in [1.807, 2.05) is 0 Å². The Morgan fingerprint density at radius 1 is 0.297 bits per heavy atom. The van der Waals surface area contributed by atoms with Crippen LogP contribution in [0.2, 0.25) is 0 Å².